The smallest absolute Gasteiger partial charge is 0.255 e. The summed E-state index contributed by atoms with van der Waals surface area (Å²) >= 11 is 0. The van der Waals surface area contributed by atoms with Crippen molar-refractivity contribution < 1.29 is 14.3 Å². The highest BCUT2D eigenvalue weighted by Gasteiger charge is 2.27. The standard InChI is InChI=1S/C23H31N3O3/c1-17-7-9-19(15-24-17)23(27)26-12-5-6-20(16-26)25(2)13-11-18-8-10-21(28-3)22(14-18)29-4/h7-10,14-15,20H,5-6,11-13,16H2,1-4H3. The quantitative estimate of drug-likeness (QED) is 0.718. The van der Waals surface area contributed by atoms with E-state index in [1.165, 1.54) is 5.56 Å². The van der Waals surface area contributed by atoms with Gasteiger partial charge in [0.2, 0.25) is 0 Å². The van der Waals surface area contributed by atoms with Gasteiger partial charge in [-0.1, -0.05) is 6.07 Å². The molecule has 1 unspecified atom stereocenters. The van der Waals surface area contributed by atoms with E-state index in [2.05, 4.69) is 23.0 Å². The molecule has 0 saturated carbocycles. The molecule has 2 aromatic rings. The summed E-state index contributed by atoms with van der Waals surface area (Å²) in [6, 6.07) is 10.2. The summed E-state index contributed by atoms with van der Waals surface area (Å²) in [5.41, 5.74) is 2.81. The van der Waals surface area contributed by atoms with Gasteiger partial charge in [-0.2, -0.15) is 0 Å². The number of hydrogen-bond donors (Lipinski definition) is 0. The number of carbonyl (C=O) groups excluding carboxylic acids is 1. The van der Waals surface area contributed by atoms with Crippen LogP contribution in [-0.4, -0.2) is 67.6 Å². The molecule has 1 fully saturated rings. The van der Waals surface area contributed by atoms with Crippen LogP contribution in [0, 0.1) is 6.92 Å². The molecule has 6 nitrogen and oxygen atoms in total. The highest BCUT2D eigenvalue weighted by atomic mass is 16.5. The molecule has 1 amide bonds. The van der Waals surface area contributed by atoms with Crippen LogP contribution in [0.3, 0.4) is 0 Å². The summed E-state index contributed by atoms with van der Waals surface area (Å²) in [6.07, 6.45) is 4.74. The predicted octanol–water partition coefficient (Wildman–Crippen LogP) is 3.19. The minimum atomic E-state index is 0.0792. The number of nitrogens with zero attached hydrogens (tertiary/aromatic N) is 3. The molecule has 0 aliphatic carbocycles. The van der Waals surface area contributed by atoms with E-state index in [0.29, 0.717) is 11.6 Å². The molecule has 156 valence electrons. The van der Waals surface area contributed by atoms with Crippen molar-refractivity contribution in [2.45, 2.75) is 32.2 Å². The van der Waals surface area contributed by atoms with E-state index in [1.807, 2.05) is 36.1 Å². The first-order valence-electron chi connectivity index (χ1n) is 10.1. The number of piperidine rings is 1. The van der Waals surface area contributed by atoms with Crippen LogP contribution in [0.5, 0.6) is 11.5 Å². The van der Waals surface area contributed by atoms with Gasteiger partial charge in [-0.25, -0.2) is 0 Å². The van der Waals surface area contributed by atoms with E-state index in [1.54, 1.807) is 20.4 Å². The molecule has 1 atom stereocenters. The number of pyridine rings is 1. The van der Waals surface area contributed by atoms with Gasteiger partial charge in [0.1, 0.15) is 0 Å². The Labute approximate surface area is 173 Å². The van der Waals surface area contributed by atoms with Gasteiger partial charge in [0, 0.05) is 37.6 Å². The topological polar surface area (TPSA) is 54.9 Å². The van der Waals surface area contributed by atoms with Gasteiger partial charge >= 0.3 is 0 Å². The van der Waals surface area contributed by atoms with Gasteiger partial charge in [-0.05, 0) is 63.1 Å². The van der Waals surface area contributed by atoms with Crippen molar-refractivity contribution in [1.82, 2.24) is 14.8 Å². The van der Waals surface area contributed by atoms with Crippen LogP contribution in [0.1, 0.15) is 34.5 Å². The number of rotatable bonds is 7. The van der Waals surface area contributed by atoms with Crippen molar-refractivity contribution in [2.75, 3.05) is 40.9 Å². The van der Waals surface area contributed by atoms with Gasteiger partial charge in [0.25, 0.3) is 5.91 Å². The van der Waals surface area contributed by atoms with Crippen molar-refractivity contribution in [3.8, 4) is 11.5 Å². The molecule has 2 heterocycles. The van der Waals surface area contributed by atoms with E-state index in [4.69, 9.17) is 9.47 Å². The Kier molecular flexibility index (Phi) is 7.09. The number of amides is 1. The maximum Gasteiger partial charge on any atom is 0.255 e. The van der Waals surface area contributed by atoms with E-state index in [9.17, 15) is 4.79 Å². The predicted molar refractivity (Wildman–Crippen MR) is 114 cm³/mol. The van der Waals surface area contributed by atoms with Crippen LogP contribution in [-0.2, 0) is 6.42 Å². The summed E-state index contributed by atoms with van der Waals surface area (Å²) in [4.78, 5) is 21.4. The molecule has 0 spiro atoms. The molecule has 1 aliphatic heterocycles. The van der Waals surface area contributed by atoms with Gasteiger partial charge in [0.05, 0.1) is 19.8 Å². The lowest BCUT2D eigenvalue weighted by atomic mass is 10.0. The van der Waals surface area contributed by atoms with E-state index in [0.717, 1.165) is 56.1 Å². The van der Waals surface area contributed by atoms with Gasteiger partial charge in [-0.15, -0.1) is 0 Å². The number of benzene rings is 1. The summed E-state index contributed by atoms with van der Waals surface area (Å²) in [5, 5.41) is 0. The van der Waals surface area contributed by atoms with Crippen LogP contribution in [0.2, 0.25) is 0 Å². The molecule has 1 saturated heterocycles. The van der Waals surface area contributed by atoms with Crippen molar-refractivity contribution in [3.05, 3.63) is 53.3 Å². The number of hydrogen-bond acceptors (Lipinski definition) is 5. The highest BCUT2D eigenvalue weighted by Crippen LogP contribution is 2.28. The highest BCUT2D eigenvalue weighted by molar-refractivity contribution is 5.94. The molecule has 1 aromatic heterocycles. The van der Waals surface area contributed by atoms with Crippen LogP contribution in [0.15, 0.2) is 36.5 Å². The summed E-state index contributed by atoms with van der Waals surface area (Å²) in [6.45, 7) is 4.43. The fraction of sp³-hybridized carbons (Fsp3) is 0.478. The van der Waals surface area contributed by atoms with Crippen molar-refractivity contribution >= 4 is 5.91 Å². The van der Waals surface area contributed by atoms with Crippen LogP contribution < -0.4 is 9.47 Å². The minimum Gasteiger partial charge on any atom is -0.493 e. The lowest BCUT2D eigenvalue weighted by molar-refractivity contribution is 0.0611. The molecule has 0 N–H and O–H groups in total. The zero-order chi connectivity index (χ0) is 20.8. The fourth-order valence-electron chi connectivity index (χ4n) is 3.80. The SMILES string of the molecule is COc1ccc(CCN(C)C2CCCN(C(=O)c3ccc(C)nc3)C2)cc1OC. The maximum atomic E-state index is 12.8. The van der Waals surface area contributed by atoms with E-state index >= 15 is 0 Å². The zero-order valence-corrected chi connectivity index (χ0v) is 17.9. The Hall–Kier alpha value is -2.60. The number of aromatic nitrogens is 1. The number of aryl methyl sites for hydroxylation is 1. The van der Waals surface area contributed by atoms with E-state index in [-0.39, 0.29) is 5.91 Å². The normalized spacial score (nSPS) is 16.7. The Balaban J connectivity index is 1.57. The third kappa shape index (κ3) is 5.26. The molecule has 1 aromatic carbocycles. The number of methoxy groups -OCH3 is 2. The van der Waals surface area contributed by atoms with Gasteiger partial charge < -0.3 is 19.3 Å². The fourth-order valence-corrected chi connectivity index (χ4v) is 3.80. The van der Waals surface area contributed by atoms with E-state index < -0.39 is 0 Å². The Bertz CT molecular complexity index is 823. The second-order valence-electron chi connectivity index (χ2n) is 7.66. The molecule has 6 heteroatoms. The summed E-state index contributed by atoms with van der Waals surface area (Å²) < 4.78 is 10.7. The number of ether oxygens (including phenoxy) is 2. The first kappa shape index (κ1) is 21.1. The monoisotopic (exact) mass is 397 g/mol. The lowest BCUT2D eigenvalue weighted by Gasteiger charge is -2.37. The average Bonchev–Trinajstić information content (AvgIpc) is 2.77. The molecule has 0 bridgehead atoms. The first-order chi connectivity index (χ1) is 14.0. The third-order valence-electron chi connectivity index (χ3n) is 5.67. The molecule has 1 aliphatic rings. The molecular formula is C23H31N3O3. The van der Waals surface area contributed by atoms with Crippen LogP contribution in [0.4, 0.5) is 0 Å². The lowest BCUT2D eigenvalue weighted by Crippen LogP contribution is -2.49. The third-order valence-corrected chi connectivity index (χ3v) is 5.67. The Morgan fingerprint density at radius 3 is 2.69 bits per heavy atom. The summed E-state index contributed by atoms with van der Waals surface area (Å²) in [7, 11) is 5.45. The Morgan fingerprint density at radius 2 is 2.00 bits per heavy atom. The molecular weight excluding hydrogens is 366 g/mol. The largest absolute Gasteiger partial charge is 0.493 e. The molecule has 29 heavy (non-hydrogen) atoms. The first-order valence-corrected chi connectivity index (χ1v) is 10.1. The molecule has 3 rings (SSSR count). The number of likely N-dealkylation sites (tertiary alicyclic amines) is 1. The van der Waals surface area contributed by atoms with Gasteiger partial charge in [-0.3, -0.25) is 9.78 Å². The second-order valence-corrected chi connectivity index (χ2v) is 7.66. The average molecular weight is 398 g/mol. The van der Waals surface area contributed by atoms with Crippen LogP contribution in [0.25, 0.3) is 0 Å². The maximum absolute atomic E-state index is 12.8. The van der Waals surface area contributed by atoms with Crippen molar-refractivity contribution in [3.63, 3.8) is 0 Å². The van der Waals surface area contributed by atoms with Crippen LogP contribution >= 0.6 is 0 Å². The number of carbonyl (C=O) groups is 1. The second kappa shape index (κ2) is 9.74. The molecule has 0 radical (unpaired) electrons. The number of likely N-dealkylation sites (N-methyl/N-ethyl adjacent to an activating group) is 1. The van der Waals surface area contributed by atoms with Gasteiger partial charge in [0.15, 0.2) is 11.5 Å². The summed E-state index contributed by atoms with van der Waals surface area (Å²) in [5.74, 6) is 1.58. The van der Waals surface area contributed by atoms with Crippen molar-refractivity contribution in [1.29, 1.82) is 0 Å². The van der Waals surface area contributed by atoms with Crippen molar-refractivity contribution in [2.24, 2.45) is 0 Å². The minimum absolute atomic E-state index is 0.0792. The zero-order valence-electron chi connectivity index (χ0n) is 17.9. The Morgan fingerprint density at radius 1 is 1.21 bits per heavy atom.